The first-order valence-corrected chi connectivity index (χ1v) is 7.28. The fourth-order valence-electron chi connectivity index (χ4n) is 2.25. The number of nitrogens with two attached hydrogens (primary N) is 1. The van der Waals surface area contributed by atoms with Gasteiger partial charge in [-0.15, -0.1) is 0 Å². The van der Waals surface area contributed by atoms with Crippen molar-refractivity contribution in [2.24, 2.45) is 5.73 Å². The average Bonchev–Trinajstić information content (AvgIpc) is 2.93. The first kappa shape index (κ1) is 15.9. The molecule has 0 aliphatic carbocycles. The number of hydrogen-bond acceptors (Lipinski definition) is 4. The van der Waals surface area contributed by atoms with Crippen LogP contribution in [0.15, 0.2) is 18.2 Å². The SMILES string of the molecule is COCCN(CCC(N)=S)C(=O)c1ccc2c(c1)COC2. The highest BCUT2D eigenvalue weighted by molar-refractivity contribution is 7.80. The molecule has 0 radical (unpaired) electrons. The van der Waals surface area contributed by atoms with E-state index < -0.39 is 0 Å². The lowest BCUT2D eigenvalue weighted by atomic mass is 10.1. The van der Waals surface area contributed by atoms with Crippen LogP contribution in [0.4, 0.5) is 0 Å². The molecule has 1 aliphatic heterocycles. The van der Waals surface area contributed by atoms with Crippen LogP contribution in [-0.2, 0) is 22.7 Å². The molecule has 0 bridgehead atoms. The van der Waals surface area contributed by atoms with Crippen LogP contribution in [0.25, 0.3) is 0 Å². The van der Waals surface area contributed by atoms with Crippen molar-refractivity contribution >= 4 is 23.1 Å². The molecule has 0 aromatic heterocycles. The molecule has 1 aromatic carbocycles. The fraction of sp³-hybridized carbons (Fsp3) is 0.467. The van der Waals surface area contributed by atoms with Gasteiger partial charge in [0.1, 0.15) is 0 Å². The number of carbonyl (C=O) groups is 1. The minimum atomic E-state index is -0.0296. The van der Waals surface area contributed by atoms with Crippen LogP contribution in [0.5, 0.6) is 0 Å². The van der Waals surface area contributed by atoms with Crippen LogP contribution in [0.3, 0.4) is 0 Å². The smallest absolute Gasteiger partial charge is 0.253 e. The van der Waals surface area contributed by atoms with Gasteiger partial charge in [0.15, 0.2) is 0 Å². The Bertz CT molecular complexity index is 534. The van der Waals surface area contributed by atoms with Gasteiger partial charge < -0.3 is 20.1 Å². The number of rotatable bonds is 7. The van der Waals surface area contributed by atoms with Gasteiger partial charge in [0.25, 0.3) is 5.91 Å². The van der Waals surface area contributed by atoms with Crippen molar-refractivity contribution in [3.05, 3.63) is 34.9 Å². The molecular formula is C15H20N2O3S. The largest absolute Gasteiger partial charge is 0.393 e. The summed E-state index contributed by atoms with van der Waals surface area (Å²) in [4.78, 5) is 14.7. The van der Waals surface area contributed by atoms with E-state index in [-0.39, 0.29) is 5.91 Å². The molecule has 0 saturated heterocycles. The van der Waals surface area contributed by atoms with E-state index in [1.807, 2.05) is 18.2 Å². The van der Waals surface area contributed by atoms with Crippen LogP contribution in [-0.4, -0.2) is 42.6 Å². The lowest BCUT2D eigenvalue weighted by Crippen LogP contribution is -2.36. The van der Waals surface area contributed by atoms with Crippen molar-refractivity contribution in [2.45, 2.75) is 19.6 Å². The van der Waals surface area contributed by atoms with Crippen LogP contribution in [0.1, 0.15) is 27.9 Å². The van der Waals surface area contributed by atoms with Crippen molar-refractivity contribution in [3.8, 4) is 0 Å². The van der Waals surface area contributed by atoms with E-state index in [1.165, 1.54) is 0 Å². The quantitative estimate of drug-likeness (QED) is 0.773. The van der Waals surface area contributed by atoms with Gasteiger partial charge in [-0.1, -0.05) is 18.3 Å². The zero-order valence-electron chi connectivity index (χ0n) is 12.1. The third kappa shape index (κ3) is 4.23. The lowest BCUT2D eigenvalue weighted by Gasteiger charge is -2.22. The third-order valence-corrected chi connectivity index (χ3v) is 3.65. The number of thiocarbonyl (C=S) groups is 1. The molecule has 1 aliphatic rings. The second kappa shape index (κ2) is 7.49. The summed E-state index contributed by atoms with van der Waals surface area (Å²) in [5.74, 6) is -0.0296. The van der Waals surface area contributed by atoms with Crippen molar-refractivity contribution < 1.29 is 14.3 Å². The third-order valence-electron chi connectivity index (χ3n) is 3.45. The Morgan fingerprint density at radius 1 is 1.38 bits per heavy atom. The number of fused-ring (bicyclic) bond motifs is 1. The Labute approximate surface area is 130 Å². The number of nitrogens with zero attached hydrogens (tertiary/aromatic N) is 1. The maximum Gasteiger partial charge on any atom is 0.253 e. The molecule has 1 amide bonds. The van der Waals surface area contributed by atoms with E-state index >= 15 is 0 Å². The highest BCUT2D eigenvalue weighted by Crippen LogP contribution is 2.21. The summed E-state index contributed by atoms with van der Waals surface area (Å²) in [7, 11) is 1.61. The second-order valence-corrected chi connectivity index (χ2v) is 5.50. The van der Waals surface area contributed by atoms with Crippen LogP contribution >= 0.6 is 12.2 Å². The molecule has 6 heteroatoms. The van der Waals surface area contributed by atoms with E-state index in [9.17, 15) is 4.79 Å². The lowest BCUT2D eigenvalue weighted by molar-refractivity contribution is 0.0701. The van der Waals surface area contributed by atoms with Crippen LogP contribution < -0.4 is 5.73 Å². The van der Waals surface area contributed by atoms with Crippen molar-refractivity contribution in [3.63, 3.8) is 0 Å². The summed E-state index contributed by atoms with van der Waals surface area (Å²) in [5.41, 5.74) is 8.43. The molecule has 1 aromatic rings. The molecule has 2 rings (SSSR count). The number of benzene rings is 1. The van der Waals surface area contributed by atoms with E-state index in [1.54, 1.807) is 12.0 Å². The topological polar surface area (TPSA) is 64.8 Å². The molecule has 5 nitrogen and oxygen atoms in total. The Morgan fingerprint density at radius 3 is 2.86 bits per heavy atom. The Hall–Kier alpha value is -1.50. The minimum absolute atomic E-state index is 0.0296. The first-order chi connectivity index (χ1) is 10.1. The number of methoxy groups -OCH3 is 1. The number of ether oxygens (including phenoxy) is 2. The molecule has 0 spiro atoms. The minimum Gasteiger partial charge on any atom is -0.393 e. The maximum absolute atomic E-state index is 12.6. The molecule has 2 N–H and O–H groups in total. The second-order valence-electron chi connectivity index (χ2n) is 4.98. The molecule has 0 saturated carbocycles. The van der Waals surface area contributed by atoms with Crippen LogP contribution in [0, 0.1) is 0 Å². The van der Waals surface area contributed by atoms with E-state index in [4.69, 9.17) is 27.4 Å². The predicted octanol–water partition coefficient (Wildman–Crippen LogP) is 1.48. The molecule has 0 fully saturated rings. The summed E-state index contributed by atoms with van der Waals surface area (Å²) in [6.45, 7) is 2.70. The molecular weight excluding hydrogens is 288 g/mol. The molecule has 114 valence electrons. The molecule has 1 heterocycles. The monoisotopic (exact) mass is 308 g/mol. The Balaban J connectivity index is 2.10. The van der Waals surface area contributed by atoms with E-state index in [0.717, 1.165) is 11.1 Å². The van der Waals surface area contributed by atoms with Gasteiger partial charge in [0.05, 0.1) is 24.8 Å². The number of hydrogen-bond donors (Lipinski definition) is 1. The van der Waals surface area contributed by atoms with Gasteiger partial charge in [0.2, 0.25) is 0 Å². The standard InChI is InChI=1S/C15H20N2O3S/c1-19-7-6-17(5-4-14(16)21)15(18)11-2-3-12-9-20-10-13(12)8-11/h2-3,8H,4-7,9-10H2,1H3,(H2,16,21). The van der Waals surface area contributed by atoms with Gasteiger partial charge in [-0.05, 0) is 23.3 Å². The fourth-order valence-corrected chi connectivity index (χ4v) is 2.34. The van der Waals surface area contributed by atoms with Gasteiger partial charge >= 0.3 is 0 Å². The summed E-state index contributed by atoms with van der Waals surface area (Å²) in [6.07, 6.45) is 0.513. The van der Waals surface area contributed by atoms with E-state index in [0.29, 0.717) is 49.9 Å². The normalized spacial score (nSPS) is 13.0. The van der Waals surface area contributed by atoms with Gasteiger partial charge in [-0.25, -0.2) is 0 Å². The number of carbonyl (C=O) groups excluding carboxylic acids is 1. The zero-order chi connectivity index (χ0) is 15.2. The maximum atomic E-state index is 12.6. The predicted molar refractivity (Wildman–Crippen MR) is 84.1 cm³/mol. The van der Waals surface area contributed by atoms with Gasteiger partial charge in [-0.3, -0.25) is 4.79 Å². The first-order valence-electron chi connectivity index (χ1n) is 6.88. The summed E-state index contributed by atoms with van der Waals surface area (Å²) in [5, 5.41) is 0. The summed E-state index contributed by atoms with van der Waals surface area (Å²) < 4.78 is 10.4. The molecule has 0 atom stereocenters. The summed E-state index contributed by atoms with van der Waals surface area (Å²) in [6, 6.07) is 5.71. The highest BCUT2D eigenvalue weighted by Gasteiger charge is 2.19. The van der Waals surface area contributed by atoms with Crippen LogP contribution in [0.2, 0.25) is 0 Å². The summed E-state index contributed by atoms with van der Waals surface area (Å²) >= 11 is 4.89. The Kier molecular flexibility index (Phi) is 5.67. The zero-order valence-corrected chi connectivity index (χ0v) is 12.9. The van der Waals surface area contributed by atoms with Gasteiger partial charge in [0, 0.05) is 32.2 Å². The van der Waals surface area contributed by atoms with Crippen molar-refractivity contribution in [2.75, 3.05) is 26.8 Å². The average molecular weight is 308 g/mol. The van der Waals surface area contributed by atoms with Crippen molar-refractivity contribution in [1.82, 2.24) is 4.90 Å². The van der Waals surface area contributed by atoms with Gasteiger partial charge in [-0.2, -0.15) is 0 Å². The van der Waals surface area contributed by atoms with Crippen molar-refractivity contribution in [1.29, 1.82) is 0 Å². The van der Waals surface area contributed by atoms with E-state index in [2.05, 4.69) is 0 Å². The highest BCUT2D eigenvalue weighted by atomic mass is 32.1. The molecule has 21 heavy (non-hydrogen) atoms. The number of amides is 1. The molecule has 0 unspecified atom stereocenters. The Morgan fingerprint density at radius 2 is 2.14 bits per heavy atom.